The van der Waals surface area contributed by atoms with Gasteiger partial charge in [-0.25, -0.2) is 5.14 Å². The topological polar surface area (TPSA) is 84.5 Å². The Kier molecular flexibility index (Phi) is 5.93. The summed E-state index contributed by atoms with van der Waals surface area (Å²) in [5.41, 5.74) is 0.456. The molecule has 7 nitrogen and oxygen atoms in total. The molecular formula is C18H35N5O2S. The van der Waals surface area contributed by atoms with Crippen molar-refractivity contribution in [2.24, 2.45) is 5.14 Å². The zero-order valence-electron chi connectivity index (χ0n) is 17.2. The van der Waals surface area contributed by atoms with Gasteiger partial charge >= 0.3 is 0 Å². The van der Waals surface area contributed by atoms with Gasteiger partial charge in [-0.05, 0) is 61.3 Å². The van der Waals surface area contributed by atoms with Crippen molar-refractivity contribution in [2.75, 3.05) is 13.1 Å². The minimum Gasteiger partial charge on any atom is -0.298 e. The normalized spacial score (nSPS) is 19.9. The molecule has 1 aromatic heterocycles. The Hall–Kier alpha value is -0.960. The van der Waals surface area contributed by atoms with Gasteiger partial charge in [-0.3, -0.25) is 9.58 Å². The molecule has 1 aromatic rings. The van der Waals surface area contributed by atoms with Crippen LogP contribution in [0, 0.1) is 0 Å². The van der Waals surface area contributed by atoms with Crippen molar-refractivity contribution in [1.29, 1.82) is 0 Å². The summed E-state index contributed by atoms with van der Waals surface area (Å²) in [4.78, 5) is 2.50. The van der Waals surface area contributed by atoms with E-state index in [1.165, 1.54) is 4.31 Å². The van der Waals surface area contributed by atoms with Gasteiger partial charge in [0.15, 0.2) is 0 Å². The molecule has 0 amide bonds. The summed E-state index contributed by atoms with van der Waals surface area (Å²) in [5, 5.41) is 10.0. The van der Waals surface area contributed by atoms with Crippen LogP contribution in [0.3, 0.4) is 0 Å². The molecule has 1 aliphatic heterocycles. The number of piperidine rings is 1. The summed E-state index contributed by atoms with van der Waals surface area (Å²) in [6, 6.07) is -0.0134. The Morgan fingerprint density at radius 3 is 2.15 bits per heavy atom. The van der Waals surface area contributed by atoms with Crippen LogP contribution in [0.1, 0.15) is 79.0 Å². The first-order valence-corrected chi connectivity index (χ1v) is 10.8. The first kappa shape index (κ1) is 21.3. The standard InChI is InChI=1S/C18H35N5O2S/c1-14(23(18(5,6)7)26(19,24)25)15-12-20-22(13-15)16-8-10-21(11-9-16)17(2,3)4/h12-14,16H,8-11H2,1-7H3,(H2,19,24,25). The zero-order valence-corrected chi connectivity index (χ0v) is 18.0. The minimum atomic E-state index is -3.82. The highest BCUT2D eigenvalue weighted by atomic mass is 32.2. The molecule has 0 aliphatic carbocycles. The highest BCUT2D eigenvalue weighted by Crippen LogP contribution is 2.32. The lowest BCUT2D eigenvalue weighted by Crippen LogP contribution is -2.49. The molecule has 0 radical (unpaired) electrons. The Bertz CT molecular complexity index is 707. The van der Waals surface area contributed by atoms with Crippen LogP contribution in [0.15, 0.2) is 12.4 Å². The van der Waals surface area contributed by atoms with E-state index in [0.717, 1.165) is 31.5 Å². The van der Waals surface area contributed by atoms with Crippen molar-refractivity contribution >= 4 is 10.2 Å². The fraction of sp³-hybridized carbons (Fsp3) is 0.833. The van der Waals surface area contributed by atoms with Gasteiger partial charge < -0.3 is 0 Å². The maximum Gasteiger partial charge on any atom is 0.277 e. The third-order valence-electron chi connectivity index (χ3n) is 5.18. The van der Waals surface area contributed by atoms with Gasteiger partial charge in [-0.1, -0.05) is 0 Å². The molecule has 1 fully saturated rings. The molecule has 0 saturated carbocycles. The molecule has 0 spiro atoms. The molecule has 1 saturated heterocycles. The molecule has 1 aliphatic rings. The van der Waals surface area contributed by atoms with E-state index in [0.29, 0.717) is 6.04 Å². The first-order valence-electron chi connectivity index (χ1n) is 9.32. The Morgan fingerprint density at radius 1 is 1.19 bits per heavy atom. The van der Waals surface area contributed by atoms with E-state index in [1.807, 2.05) is 38.6 Å². The van der Waals surface area contributed by atoms with E-state index in [1.54, 1.807) is 6.20 Å². The number of nitrogens with two attached hydrogens (primary N) is 1. The van der Waals surface area contributed by atoms with E-state index in [9.17, 15) is 8.42 Å². The molecular weight excluding hydrogens is 350 g/mol. The van der Waals surface area contributed by atoms with E-state index in [4.69, 9.17) is 5.14 Å². The van der Waals surface area contributed by atoms with Crippen molar-refractivity contribution < 1.29 is 8.42 Å². The summed E-state index contributed by atoms with van der Waals surface area (Å²) >= 11 is 0. The van der Waals surface area contributed by atoms with Crippen molar-refractivity contribution in [3.05, 3.63) is 18.0 Å². The number of hydrogen-bond donors (Lipinski definition) is 1. The summed E-state index contributed by atoms with van der Waals surface area (Å²) in [6.45, 7) is 16.2. The highest BCUT2D eigenvalue weighted by molar-refractivity contribution is 7.86. The van der Waals surface area contributed by atoms with Crippen molar-refractivity contribution in [3.63, 3.8) is 0 Å². The lowest BCUT2D eigenvalue weighted by molar-refractivity contribution is 0.0870. The van der Waals surface area contributed by atoms with Gasteiger partial charge in [0, 0.05) is 35.9 Å². The third-order valence-corrected chi connectivity index (χ3v) is 6.59. The molecule has 2 N–H and O–H groups in total. The molecule has 2 heterocycles. The Morgan fingerprint density at radius 2 is 1.73 bits per heavy atom. The number of rotatable bonds is 4. The fourth-order valence-electron chi connectivity index (χ4n) is 3.89. The SMILES string of the molecule is CC(c1cnn(C2CCN(C(C)(C)C)CC2)c1)N(C(C)(C)C)S(N)(=O)=O. The van der Waals surface area contributed by atoms with Gasteiger partial charge in [-0.15, -0.1) is 0 Å². The lowest BCUT2D eigenvalue weighted by atomic mass is 9.98. The van der Waals surface area contributed by atoms with Crippen LogP contribution in [0.4, 0.5) is 0 Å². The van der Waals surface area contributed by atoms with Crippen molar-refractivity contribution in [2.45, 2.75) is 84.5 Å². The van der Waals surface area contributed by atoms with Crippen molar-refractivity contribution in [3.8, 4) is 0 Å². The summed E-state index contributed by atoms with van der Waals surface area (Å²) in [5.74, 6) is 0. The molecule has 1 atom stereocenters. The van der Waals surface area contributed by atoms with Gasteiger partial charge in [0.2, 0.25) is 0 Å². The average molecular weight is 386 g/mol. The number of aromatic nitrogens is 2. The van der Waals surface area contributed by atoms with Crippen LogP contribution in [0.5, 0.6) is 0 Å². The summed E-state index contributed by atoms with van der Waals surface area (Å²) < 4.78 is 27.6. The lowest BCUT2D eigenvalue weighted by Gasteiger charge is -2.40. The smallest absolute Gasteiger partial charge is 0.277 e. The van der Waals surface area contributed by atoms with Crippen LogP contribution < -0.4 is 5.14 Å². The zero-order chi connectivity index (χ0) is 19.9. The van der Waals surface area contributed by atoms with E-state index in [-0.39, 0.29) is 11.6 Å². The summed E-state index contributed by atoms with van der Waals surface area (Å²) in [7, 11) is -3.82. The fourth-order valence-corrected chi connectivity index (χ4v) is 5.21. The first-order chi connectivity index (χ1) is 11.7. The van der Waals surface area contributed by atoms with E-state index < -0.39 is 15.7 Å². The second-order valence-electron chi connectivity index (χ2n) is 9.33. The minimum absolute atomic E-state index is 0.192. The van der Waals surface area contributed by atoms with Crippen LogP contribution in [-0.2, 0) is 10.2 Å². The predicted octanol–water partition coefficient (Wildman–Crippen LogP) is 2.68. The molecule has 26 heavy (non-hydrogen) atoms. The van der Waals surface area contributed by atoms with Crippen LogP contribution >= 0.6 is 0 Å². The van der Waals surface area contributed by atoms with Gasteiger partial charge in [-0.2, -0.15) is 17.8 Å². The largest absolute Gasteiger partial charge is 0.298 e. The van der Waals surface area contributed by atoms with Gasteiger partial charge in [0.1, 0.15) is 0 Å². The number of hydrogen-bond acceptors (Lipinski definition) is 4. The molecule has 0 aromatic carbocycles. The van der Waals surface area contributed by atoms with Gasteiger partial charge in [0.25, 0.3) is 10.2 Å². The number of likely N-dealkylation sites (tertiary alicyclic amines) is 1. The third kappa shape index (κ3) is 4.85. The van der Waals surface area contributed by atoms with E-state index >= 15 is 0 Å². The van der Waals surface area contributed by atoms with Crippen LogP contribution in [0.25, 0.3) is 0 Å². The second-order valence-corrected chi connectivity index (χ2v) is 10.8. The number of nitrogens with zero attached hydrogens (tertiary/aromatic N) is 4. The quantitative estimate of drug-likeness (QED) is 0.863. The molecule has 150 valence electrons. The maximum absolute atomic E-state index is 12.1. The van der Waals surface area contributed by atoms with Crippen LogP contribution in [-0.4, -0.2) is 51.6 Å². The van der Waals surface area contributed by atoms with Gasteiger partial charge in [0.05, 0.1) is 18.3 Å². The Labute approximate surface area is 158 Å². The Balaban J connectivity index is 2.15. The molecule has 1 unspecified atom stereocenters. The van der Waals surface area contributed by atoms with Crippen molar-refractivity contribution in [1.82, 2.24) is 19.0 Å². The average Bonchev–Trinajstić information content (AvgIpc) is 2.93. The van der Waals surface area contributed by atoms with E-state index in [2.05, 4.69) is 30.8 Å². The maximum atomic E-state index is 12.1. The molecule has 0 bridgehead atoms. The monoisotopic (exact) mass is 385 g/mol. The predicted molar refractivity (Wildman–Crippen MR) is 105 cm³/mol. The second kappa shape index (κ2) is 7.22. The highest BCUT2D eigenvalue weighted by Gasteiger charge is 2.36. The summed E-state index contributed by atoms with van der Waals surface area (Å²) in [6.07, 6.45) is 5.84. The molecule has 2 rings (SSSR count). The van der Waals surface area contributed by atoms with Crippen LogP contribution in [0.2, 0.25) is 0 Å². The molecule has 8 heteroatoms.